The zero-order valence-electron chi connectivity index (χ0n) is 20.8. The summed E-state index contributed by atoms with van der Waals surface area (Å²) < 4.78 is 0. The standard InChI is InChI=1S/2C15H24O/c2*1-2-3-4-5-6-7-8-9-14-10-12-15(16)13-11-14/h2*10-13,16H,2-9H2,1H3. The molecule has 0 aliphatic heterocycles. The molecular weight excluding hydrogens is 392 g/mol. The zero-order valence-corrected chi connectivity index (χ0v) is 20.8. The van der Waals surface area contributed by atoms with Crippen molar-refractivity contribution in [2.45, 2.75) is 117 Å². The van der Waals surface area contributed by atoms with Gasteiger partial charge in [0.25, 0.3) is 0 Å². The second-order valence-electron chi connectivity index (χ2n) is 9.08. The predicted molar refractivity (Wildman–Crippen MR) is 140 cm³/mol. The summed E-state index contributed by atoms with van der Waals surface area (Å²) in [5.74, 6) is 0.728. The highest BCUT2D eigenvalue weighted by atomic mass is 16.3. The largest absolute Gasteiger partial charge is 0.508 e. The monoisotopic (exact) mass is 440 g/mol. The maximum Gasteiger partial charge on any atom is 0.115 e. The molecule has 2 nitrogen and oxygen atoms in total. The molecule has 0 unspecified atom stereocenters. The Kier molecular flexibility index (Phi) is 17.3. The van der Waals surface area contributed by atoms with Crippen molar-refractivity contribution in [3.05, 3.63) is 59.7 Å². The lowest BCUT2D eigenvalue weighted by molar-refractivity contribution is 0.474. The molecule has 2 N–H and O–H groups in total. The molecule has 0 amide bonds. The van der Waals surface area contributed by atoms with Crippen LogP contribution in [0.3, 0.4) is 0 Å². The molecule has 0 saturated heterocycles. The minimum Gasteiger partial charge on any atom is -0.508 e. The van der Waals surface area contributed by atoms with Gasteiger partial charge in [0.2, 0.25) is 0 Å². The molecule has 2 aromatic carbocycles. The van der Waals surface area contributed by atoms with Crippen molar-refractivity contribution in [3.8, 4) is 11.5 Å². The average Bonchev–Trinajstić information content (AvgIpc) is 2.81. The number of rotatable bonds is 16. The maximum absolute atomic E-state index is 9.15. The van der Waals surface area contributed by atoms with Crippen LogP contribution >= 0.6 is 0 Å². The van der Waals surface area contributed by atoms with Crippen molar-refractivity contribution in [1.82, 2.24) is 0 Å². The van der Waals surface area contributed by atoms with Gasteiger partial charge in [-0.05, 0) is 61.1 Å². The summed E-state index contributed by atoms with van der Waals surface area (Å²) in [5, 5.41) is 18.3. The molecule has 0 heterocycles. The third kappa shape index (κ3) is 15.8. The summed E-state index contributed by atoms with van der Waals surface area (Å²) in [6.45, 7) is 4.51. The molecule has 2 rings (SSSR count). The van der Waals surface area contributed by atoms with Crippen molar-refractivity contribution in [1.29, 1.82) is 0 Å². The maximum atomic E-state index is 9.15. The fourth-order valence-electron chi connectivity index (χ4n) is 3.90. The summed E-state index contributed by atoms with van der Waals surface area (Å²) >= 11 is 0. The van der Waals surface area contributed by atoms with Crippen LogP contribution in [-0.2, 0) is 12.8 Å². The molecule has 0 saturated carbocycles. The molecule has 0 atom stereocenters. The van der Waals surface area contributed by atoms with Gasteiger partial charge in [0, 0.05) is 0 Å². The van der Waals surface area contributed by atoms with E-state index in [0.717, 1.165) is 12.8 Å². The molecule has 2 heteroatoms. The third-order valence-corrected chi connectivity index (χ3v) is 6.01. The van der Waals surface area contributed by atoms with E-state index in [9.17, 15) is 0 Å². The van der Waals surface area contributed by atoms with Crippen molar-refractivity contribution in [2.75, 3.05) is 0 Å². The van der Waals surface area contributed by atoms with E-state index in [4.69, 9.17) is 10.2 Å². The number of hydrogen-bond donors (Lipinski definition) is 2. The highest BCUT2D eigenvalue weighted by molar-refractivity contribution is 5.26. The van der Waals surface area contributed by atoms with Crippen LogP contribution in [-0.4, -0.2) is 10.2 Å². The molecule has 0 aromatic heterocycles. The first kappa shape index (κ1) is 28.1. The zero-order chi connectivity index (χ0) is 23.3. The van der Waals surface area contributed by atoms with Gasteiger partial charge in [0.15, 0.2) is 0 Å². The number of unbranched alkanes of at least 4 members (excludes halogenated alkanes) is 12. The van der Waals surface area contributed by atoms with E-state index < -0.39 is 0 Å². The topological polar surface area (TPSA) is 40.5 Å². The Morgan fingerprint density at radius 2 is 0.688 bits per heavy atom. The summed E-state index contributed by atoms with van der Waals surface area (Å²) in [4.78, 5) is 0. The van der Waals surface area contributed by atoms with Crippen molar-refractivity contribution >= 4 is 0 Å². The van der Waals surface area contributed by atoms with Gasteiger partial charge in [-0.3, -0.25) is 0 Å². The van der Waals surface area contributed by atoms with Crippen LogP contribution in [0.2, 0.25) is 0 Å². The Labute approximate surface area is 198 Å². The van der Waals surface area contributed by atoms with Crippen LogP contribution in [0.4, 0.5) is 0 Å². The minimum absolute atomic E-state index is 0.364. The smallest absolute Gasteiger partial charge is 0.115 e. The molecule has 2 aromatic rings. The quantitative estimate of drug-likeness (QED) is 0.255. The molecule has 0 radical (unpaired) electrons. The Hall–Kier alpha value is -1.96. The van der Waals surface area contributed by atoms with E-state index in [2.05, 4.69) is 13.8 Å². The Bertz CT molecular complexity index is 586. The van der Waals surface area contributed by atoms with Crippen molar-refractivity contribution in [2.24, 2.45) is 0 Å². The van der Waals surface area contributed by atoms with E-state index in [1.807, 2.05) is 24.3 Å². The third-order valence-electron chi connectivity index (χ3n) is 6.01. The first-order valence-electron chi connectivity index (χ1n) is 13.2. The summed E-state index contributed by atoms with van der Waals surface area (Å²) in [6.07, 6.45) is 21.3. The van der Waals surface area contributed by atoms with E-state index in [1.165, 1.54) is 101 Å². The summed E-state index contributed by atoms with van der Waals surface area (Å²) in [5.41, 5.74) is 2.68. The van der Waals surface area contributed by atoms with Crippen LogP contribution in [0.25, 0.3) is 0 Å². The van der Waals surface area contributed by atoms with Crippen LogP contribution in [0.1, 0.15) is 115 Å². The van der Waals surface area contributed by atoms with E-state index in [1.54, 1.807) is 24.3 Å². The number of aryl methyl sites for hydroxylation is 2. The van der Waals surface area contributed by atoms with Gasteiger partial charge < -0.3 is 10.2 Å². The Balaban J connectivity index is 0.000000320. The van der Waals surface area contributed by atoms with E-state index >= 15 is 0 Å². The molecule has 0 fully saturated rings. The van der Waals surface area contributed by atoms with Gasteiger partial charge in [-0.25, -0.2) is 0 Å². The molecule has 0 spiro atoms. The van der Waals surface area contributed by atoms with Crippen LogP contribution in [0, 0.1) is 0 Å². The fourth-order valence-corrected chi connectivity index (χ4v) is 3.90. The molecule has 32 heavy (non-hydrogen) atoms. The number of benzene rings is 2. The Morgan fingerprint density at radius 1 is 0.406 bits per heavy atom. The van der Waals surface area contributed by atoms with Gasteiger partial charge in [-0.15, -0.1) is 0 Å². The van der Waals surface area contributed by atoms with E-state index in [0.29, 0.717) is 11.5 Å². The molecule has 0 aliphatic carbocycles. The number of phenolic OH excluding ortho intramolecular Hbond substituents is 2. The summed E-state index contributed by atoms with van der Waals surface area (Å²) in [7, 11) is 0. The van der Waals surface area contributed by atoms with Gasteiger partial charge in [0.05, 0.1) is 0 Å². The van der Waals surface area contributed by atoms with Gasteiger partial charge in [-0.2, -0.15) is 0 Å². The number of hydrogen-bond acceptors (Lipinski definition) is 2. The van der Waals surface area contributed by atoms with Crippen LogP contribution < -0.4 is 0 Å². The van der Waals surface area contributed by atoms with E-state index in [-0.39, 0.29) is 0 Å². The van der Waals surface area contributed by atoms with Crippen molar-refractivity contribution in [3.63, 3.8) is 0 Å². The molecule has 0 bridgehead atoms. The lowest BCUT2D eigenvalue weighted by Crippen LogP contribution is -1.85. The average molecular weight is 441 g/mol. The lowest BCUT2D eigenvalue weighted by Gasteiger charge is -2.02. The molecule has 0 aliphatic rings. The summed E-state index contributed by atoms with van der Waals surface area (Å²) in [6, 6.07) is 15.2. The number of phenols is 2. The fraction of sp³-hybridized carbons (Fsp3) is 0.600. The minimum atomic E-state index is 0.364. The number of aromatic hydroxyl groups is 2. The normalized spacial score (nSPS) is 10.6. The Morgan fingerprint density at radius 3 is 1.00 bits per heavy atom. The predicted octanol–water partition coefficient (Wildman–Crippen LogP) is 9.37. The first-order chi connectivity index (χ1) is 15.7. The molecular formula is C30H48O2. The van der Waals surface area contributed by atoms with Crippen LogP contribution in [0.15, 0.2) is 48.5 Å². The van der Waals surface area contributed by atoms with Gasteiger partial charge in [0.1, 0.15) is 11.5 Å². The lowest BCUT2D eigenvalue weighted by atomic mass is 10.0. The van der Waals surface area contributed by atoms with Crippen molar-refractivity contribution < 1.29 is 10.2 Å². The van der Waals surface area contributed by atoms with Gasteiger partial charge >= 0.3 is 0 Å². The molecule has 180 valence electrons. The highest BCUT2D eigenvalue weighted by Gasteiger charge is 1.96. The van der Waals surface area contributed by atoms with Gasteiger partial charge in [-0.1, -0.05) is 115 Å². The second kappa shape index (κ2) is 19.7. The second-order valence-corrected chi connectivity index (χ2v) is 9.08. The highest BCUT2D eigenvalue weighted by Crippen LogP contribution is 2.15. The SMILES string of the molecule is CCCCCCCCCc1ccc(O)cc1.CCCCCCCCCc1ccc(O)cc1. The first-order valence-corrected chi connectivity index (χ1v) is 13.2. The van der Waals surface area contributed by atoms with Crippen LogP contribution in [0.5, 0.6) is 11.5 Å².